The highest BCUT2D eigenvalue weighted by Crippen LogP contribution is 2.41. The Morgan fingerprint density at radius 3 is 0.782 bits per heavy atom. The van der Waals surface area contributed by atoms with Crippen LogP contribution in [0.15, 0.2) is 54.6 Å². The summed E-state index contributed by atoms with van der Waals surface area (Å²) >= 11 is 4.92. The Bertz CT molecular complexity index is 2360. The molecule has 0 aromatic heterocycles. The standard InChI is InChI=1S/C66H96O9S3/c1-61(2,3)46-34-43(58(70)52(37-46)64(10,11)12)22-19-28-76-31-25-55(67)73-49-40-50(74-56(68)26-32-77-29-20-23-44-35-47(62(4,5)6)38-53(59(44)71)65(13,14)15)42-51(41-49)75-57(69)27-33-78-30-21-24-45-36-48(63(7,8)9)39-54(60(45)72)66(16,17)18/h34-42,70-72H,19-33H2,1-18H3. The summed E-state index contributed by atoms with van der Waals surface area (Å²) in [5.41, 5.74) is 8.48. The lowest BCUT2D eigenvalue weighted by atomic mass is 9.78. The van der Waals surface area contributed by atoms with Crippen molar-refractivity contribution in [1.82, 2.24) is 0 Å². The molecule has 432 valence electrons. The minimum atomic E-state index is -0.470. The highest BCUT2D eigenvalue weighted by Gasteiger charge is 2.28. The van der Waals surface area contributed by atoms with Crippen LogP contribution >= 0.6 is 35.3 Å². The average Bonchev–Trinajstić information content (AvgIpc) is 3.29. The van der Waals surface area contributed by atoms with Gasteiger partial charge in [-0.25, -0.2) is 0 Å². The van der Waals surface area contributed by atoms with Gasteiger partial charge in [-0.3, -0.25) is 14.4 Å². The van der Waals surface area contributed by atoms with Crippen molar-refractivity contribution in [2.24, 2.45) is 0 Å². The molecule has 0 saturated carbocycles. The van der Waals surface area contributed by atoms with Gasteiger partial charge in [0, 0.05) is 35.5 Å². The third-order valence-electron chi connectivity index (χ3n) is 13.7. The van der Waals surface area contributed by atoms with Crippen molar-refractivity contribution in [3.63, 3.8) is 0 Å². The van der Waals surface area contributed by atoms with Gasteiger partial charge >= 0.3 is 17.9 Å². The minimum Gasteiger partial charge on any atom is -0.507 e. The summed E-state index contributed by atoms with van der Waals surface area (Å²) in [4.78, 5) is 39.7. The number of phenolic OH excluding ortho intramolecular Hbond substituents is 3. The van der Waals surface area contributed by atoms with E-state index < -0.39 is 17.9 Å². The van der Waals surface area contributed by atoms with Gasteiger partial charge in [0.05, 0.1) is 19.3 Å². The number of thioether (sulfide) groups is 3. The first-order valence-electron chi connectivity index (χ1n) is 28.1. The van der Waals surface area contributed by atoms with Crippen LogP contribution in [0, 0.1) is 0 Å². The van der Waals surface area contributed by atoms with Crippen LogP contribution in [0.1, 0.15) is 213 Å². The molecule has 78 heavy (non-hydrogen) atoms. The Labute approximate surface area is 483 Å². The molecule has 12 heteroatoms. The zero-order chi connectivity index (χ0) is 58.6. The normalized spacial score (nSPS) is 12.7. The maximum absolute atomic E-state index is 13.2. The van der Waals surface area contributed by atoms with E-state index in [2.05, 4.69) is 161 Å². The lowest BCUT2D eigenvalue weighted by Gasteiger charge is -2.27. The number of carbonyl (C=O) groups is 3. The second kappa shape index (κ2) is 27.9. The number of aromatic hydroxyl groups is 3. The molecular weight excluding hydrogens is 1030 g/mol. The van der Waals surface area contributed by atoms with E-state index in [0.717, 1.165) is 69.9 Å². The van der Waals surface area contributed by atoms with E-state index in [1.54, 1.807) is 35.3 Å². The van der Waals surface area contributed by atoms with Crippen molar-refractivity contribution < 1.29 is 43.9 Å². The highest BCUT2D eigenvalue weighted by molar-refractivity contribution is 7.99. The second-order valence-corrected chi connectivity index (χ2v) is 30.7. The van der Waals surface area contributed by atoms with E-state index in [1.165, 1.54) is 34.9 Å². The van der Waals surface area contributed by atoms with Crippen LogP contribution in [-0.4, -0.2) is 67.7 Å². The molecule has 0 heterocycles. The van der Waals surface area contributed by atoms with E-state index in [9.17, 15) is 29.7 Å². The number of ether oxygens (including phenoxy) is 3. The van der Waals surface area contributed by atoms with Crippen LogP contribution in [0.5, 0.6) is 34.5 Å². The zero-order valence-electron chi connectivity index (χ0n) is 50.8. The molecule has 9 nitrogen and oxygen atoms in total. The molecule has 0 spiro atoms. The van der Waals surface area contributed by atoms with Gasteiger partial charge < -0.3 is 29.5 Å². The van der Waals surface area contributed by atoms with Crippen LogP contribution in [0.2, 0.25) is 0 Å². The molecule has 0 aliphatic carbocycles. The average molecular weight is 1130 g/mol. The van der Waals surface area contributed by atoms with E-state index in [0.29, 0.717) is 53.8 Å². The second-order valence-electron chi connectivity index (χ2n) is 27.1. The molecule has 4 aromatic carbocycles. The molecule has 3 N–H and O–H groups in total. The first-order valence-corrected chi connectivity index (χ1v) is 31.5. The number of aryl methyl sites for hydroxylation is 3. The van der Waals surface area contributed by atoms with Crippen LogP contribution in [0.25, 0.3) is 0 Å². The largest absolute Gasteiger partial charge is 0.507 e. The summed E-state index contributed by atoms with van der Waals surface area (Å²) in [6, 6.07) is 17.2. The number of carbonyl (C=O) groups excluding carboxylic acids is 3. The third-order valence-corrected chi connectivity index (χ3v) is 16.9. The lowest BCUT2D eigenvalue weighted by molar-refractivity contribution is -0.134. The van der Waals surface area contributed by atoms with Gasteiger partial charge in [-0.15, -0.1) is 0 Å². The van der Waals surface area contributed by atoms with Gasteiger partial charge in [0.1, 0.15) is 34.5 Å². The first-order chi connectivity index (χ1) is 35.9. The summed E-state index contributed by atoms with van der Waals surface area (Å²) in [6.07, 6.45) is 5.04. The quantitative estimate of drug-likeness (QED) is 0.0350. The highest BCUT2D eigenvalue weighted by atomic mass is 32.2. The Kier molecular flexibility index (Phi) is 23.7. The maximum Gasteiger partial charge on any atom is 0.312 e. The Morgan fingerprint density at radius 1 is 0.346 bits per heavy atom. The van der Waals surface area contributed by atoms with Gasteiger partial charge in [-0.2, -0.15) is 35.3 Å². The lowest BCUT2D eigenvalue weighted by Crippen LogP contribution is -2.17. The van der Waals surface area contributed by atoms with Crippen molar-refractivity contribution in [2.75, 3.05) is 34.5 Å². The molecule has 0 atom stereocenters. The molecule has 4 aromatic rings. The number of hydrogen-bond donors (Lipinski definition) is 3. The topological polar surface area (TPSA) is 140 Å². The molecule has 0 aliphatic rings. The van der Waals surface area contributed by atoms with Crippen molar-refractivity contribution in [1.29, 1.82) is 0 Å². The number of esters is 3. The van der Waals surface area contributed by atoms with Gasteiger partial charge in [0.2, 0.25) is 0 Å². The van der Waals surface area contributed by atoms with Crippen molar-refractivity contribution in [3.05, 3.63) is 105 Å². The minimum absolute atomic E-state index is 0.0592. The van der Waals surface area contributed by atoms with Crippen LogP contribution in [0.3, 0.4) is 0 Å². The molecule has 0 aliphatic heterocycles. The van der Waals surface area contributed by atoms with Crippen LogP contribution in [0.4, 0.5) is 0 Å². The zero-order valence-corrected chi connectivity index (χ0v) is 53.3. The Morgan fingerprint density at radius 2 is 0.577 bits per heavy atom. The molecule has 0 bridgehead atoms. The smallest absolute Gasteiger partial charge is 0.312 e. The summed E-state index contributed by atoms with van der Waals surface area (Å²) in [7, 11) is 0. The molecule has 4 rings (SSSR count). The SMILES string of the molecule is CC(C)(C)c1cc(CCCSCCC(=O)Oc2cc(OC(=O)CCSCCCc3cc(C(C)(C)C)cc(C(C)(C)C)c3O)cc(OC(=O)CCSCCCc3cc(C(C)(C)C)cc(C(C)(C)C)c3O)c2)c(O)c(C(C)(C)C)c1. The molecular formula is C66H96O9S3. The first kappa shape index (κ1) is 66.3. The summed E-state index contributed by atoms with van der Waals surface area (Å²) in [5, 5.41) is 33.7. The van der Waals surface area contributed by atoms with Gasteiger partial charge in [-0.1, -0.05) is 161 Å². The van der Waals surface area contributed by atoms with Gasteiger partial charge in [0.25, 0.3) is 0 Å². The van der Waals surface area contributed by atoms with E-state index in [-0.39, 0.29) is 69.0 Å². The maximum atomic E-state index is 13.2. The fourth-order valence-electron chi connectivity index (χ4n) is 8.81. The number of benzene rings is 4. The van der Waals surface area contributed by atoms with Gasteiger partial charge in [-0.05, 0) is 138 Å². The van der Waals surface area contributed by atoms with Crippen molar-refractivity contribution >= 4 is 53.2 Å². The van der Waals surface area contributed by atoms with E-state index >= 15 is 0 Å². The van der Waals surface area contributed by atoms with Crippen molar-refractivity contribution in [3.8, 4) is 34.5 Å². The summed E-state index contributed by atoms with van der Waals surface area (Å²) in [5.74, 6) is 3.94. The number of phenols is 3. The predicted octanol–water partition coefficient (Wildman–Crippen LogP) is 16.6. The summed E-state index contributed by atoms with van der Waals surface area (Å²) in [6.45, 7) is 38.7. The van der Waals surface area contributed by atoms with Crippen LogP contribution in [-0.2, 0) is 66.1 Å². The van der Waals surface area contributed by atoms with E-state index in [4.69, 9.17) is 14.2 Å². The van der Waals surface area contributed by atoms with Crippen molar-refractivity contribution in [2.45, 2.75) is 215 Å². The monoisotopic (exact) mass is 1130 g/mol. The van der Waals surface area contributed by atoms with E-state index in [1.807, 2.05) is 0 Å². The van der Waals surface area contributed by atoms with Gasteiger partial charge in [0.15, 0.2) is 0 Å². The molecule has 0 saturated heterocycles. The van der Waals surface area contributed by atoms with Crippen LogP contribution < -0.4 is 14.2 Å². The summed E-state index contributed by atoms with van der Waals surface area (Å²) < 4.78 is 17.3. The molecule has 0 amide bonds. The molecule has 0 unspecified atom stereocenters. The molecule has 0 fully saturated rings. The Balaban J connectivity index is 1.35. The predicted molar refractivity (Wildman–Crippen MR) is 331 cm³/mol. The third kappa shape index (κ3) is 21.0. The number of rotatable bonds is 24. The Hall–Kier alpha value is -4.26. The molecule has 0 radical (unpaired) electrons. The number of hydrogen-bond acceptors (Lipinski definition) is 12. The fraction of sp³-hybridized carbons (Fsp3) is 0.591. The fourth-order valence-corrected chi connectivity index (χ4v) is 11.4.